The molecule has 0 aliphatic carbocycles. The van der Waals surface area contributed by atoms with Gasteiger partial charge in [0.1, 0.15) is 0 Å². The van der Waals surface area contributed by atoms with Crippen LogP contribution in [0.3, 0.4) is 0 Å². The predicted molar refractivity (Wildman–Crippen MR) is 48.3 cm³/mol. The van der Waals surface area contributed by atoms with Gasteiger partial charge < -0.3 is 14.0 Å². The molecule has 1 aliphatic heterocycles. The fourth-order valence-electron chi connectivity index (χ4n) is 1.61. The smallest absolute Gasteiger partial charge is 0.772 e. The molecule has 0 spiro atoms. The van der Waals surface area contributed by atoms with Crippen molar-refractivity contribution >= 4 is 17.0 Å². The third kappa shape index (κ3) is 4.13. The van der Waals surface area contributed by atoms with E-state index in [1.165, 1.54) is 7.11 Å². The Morgan fingerprint density at radius 3 is 2.47 bits per heavy atom. The second-order valence-corrected chi connectivity index (χ2v) is 4.23. The van der Waals surface area contributed by atoms with E-state index in [9.17, 15) is 13.6 Å². The molecule has 1 atom stereocenters. The van der Waals surface area contributed by atoms with Crippen LogP contribution >= 0.6 is 0 Å². The monoisotopic (exact) mass is 244 g/mol. The molecule has 1 heterocycles. The molecular formula is C8H13NaO5S. The second-order valence-electron chi connectivity index (χ2n) is 3.33. The van der Waals surface area contributed by atoms with Crippen molar-refractivity contribution in [2.45, 2.75) is 12.8 Å². The quantitative estimate of drug-likeness (QED) is 0.297. The molecule has 1 fully saturated rings. The summed E-state index contributed by atoms with van der Waals surface area (Å²) in [5, 5.41) is 0. The summed E-state index contributed by atoms with van der Waals surface area (Å²) < 4.78 is 31.0. The van der Waals surface area contributed by atoms with Crippen LogP contribution in [0.2, 0.25) is 0 Å². The molecule has 0 amide bonds. The van der Waals surface area contributed by atoms with Gasteiger partial charge in [-0.2, -0.15) is 0 Å². The second kappa shape index (κ2) is 6.98. The van der Waals surface area contributed by atoms with Gasteiger partial charge in [0.15, 0.2) is 0 Å². The van der Waals surface area contributed by atoms with Crippen molar-refractivity contribution in [3.05, 3.63) is 0 Å². The SMILES string of the molecule is COC(=O)C1(CS(=O)[O-])CCOCC1.[Na+]. The van der Waals surface area contributed by atoms with Gasteiger partial charge >= 0.3 is 35.5 Å². The fourth-order valence-corrected chi connectivity index (χ4v) is 2.47. The minimum absolute atomic E-state index is 0. The predicted octanol–water partition coefficient (Wildman–Crippen LogP) is -3.16. The van der Waals surface area contributed by atoms with E-state index < -0.39 is 22.5 Å². The molecule has 82 valence electrons. The summed E-state index contributed by atoms with van der Waals surface area (Å²) in [4.78, 5) is 11.5. The van der Waals surface area contributed by atoms with E-state index in [0.29, 0.717) is 26.1 Å². The Hall–Kier alpha value is 0.540. The van der Waals surface area contributed by atoms with Crippen molar-refractivity contribution in [3.63, 3.8) is 0 Å². The number of hydrogen-bond donors (Lipinski definition) is 0. The van der Waals surface area contributed by atoms with Crippen LogP contribution < -0.4 is 29.6 Å². The van der Waals surface area contributed by atoms with Crippen molar-refractivity contribution in [2.75, 3.05) is 26.1 Å². The van der Waals surface area contributed by atoms with E-state index in [0.717, 1.165) is 0 Å². The molecule has 5 nitrogen and oxygen atoms in total. The maximum atomic E-state index is 11.5. The average molecular weight is 244 g/mol. The minimum Gasteiger partial charge on any atom is -0.772 e. The summed E-state index contributed by atoms with van der Waals surface area (Å²) in [6, 6.07) is 0. The third-order valence-corrected chi connectivity index (χ3v) is 3.25. The maximum absolute atomic E-state index is 11.5. The standard InChI is InChI=1S/C8H14O5S.Na/c1-12-7(9)8(6-14(10)11)2-4-13-5-3-8;/h2-6H2,1H3,(H,10,11);/q;+1/p-1. The Bertz CT molecular complexity index is 239. The van der Waals surface area contributed by atoms with E-state index in [2.05, 4.69) is 4.74 Å². The van der Waals surface area contributed by atoms with Gasteiger partial charge in [-0.05, 0) is 12.8 Å². The van der Waals surface area contributed by atoms with Gasteiger partial charge in [0.2, 0.25) is 0 Å². The Kier molecular flexibility index (Phi) is 7.23. The van der Waals surface area contributed by atoms with E-state index in [1.54, 1.807) is 0 Å². The van der Waals surface area contributed by atoms with Crippen molar-refractivity contribution < 1.29 is 52.6 Å². The van der Waals surface area contributed by atoms with Gasteiger partial charge in [-0.15, -0.1) is 0 Å². The molecule has 0 aromatic heterocycles. The third-order valence-electron chi connectivity index (χ3n) is 2.46. The molecule has 0 aromatic rings. The van der Waals surface area contributed by atoms with Gasteiger partial charge in [-0.1, -0.05) is 11.1 Å². The zero-order valence-electron chi connectivity index (χ0n) is 8.99. The zero-order chi connectivity index (χ0) is 10.6. The van der Waals surface area contributed by atoms with Gasteiger partial charge in [-0.25, -0.2) is 0 Å². The van der Waals surface area contributed by atoms with Crippen LogP contribution in [0.1, 0.15) is 12.8 Å². The Labute approximate surface area is 113 Å². The number of hydrogen-bond acceptors (Lipinski definition) is 5. The summed E-state index contributed by atoms with van der Waals surface area (Å²) in [5.74, 6) is -0.631. The minimum atomic E-state index is -2.23. The van der Waals surface area contributed by atoms with E-state index in [-0.39, 0.29) is 35.3 Å². The molecule has 0 aromatic carbocycles. The number of methoxy groups -OCH3 is 1. The van der Waals surface area contributed by atoms with Gasteiger partial charge in [-0.3, -0.25) is 9.00 Å². The van der Waals surface area contributed by atoms with Crippen molar-refractivity contribution in [1.82, 2.24) is 0 Å². The molecule has 1 unspecified atom stereocenters. The number of ether oxygens (including phenoxy) is 2. The molecule has 7 heteroatoms. The Morgan fingerprint density at radius 1 is 1.53 bits per heavy atom. The van der Waals surface area contributed by atoms with Crippen molar-refractivity contribution in [1.29, 1.82) is 0 Å². The van der Waals surface area contributed by atoms with Crippen LogP contribution in [0.5, 0.6) is 0 Å². The van der Waals surface area contributed by atoms with E-state index >= 15 is 0 Å². The van der Waals surface area contributed by atoms with E-state index in [1.807, 2.05) is 0 Å². The molecule has 0 saturated carbocycles. The van der Waals surface area contributed by atoms with E-state index in [4.69, 9.17) is 4.74 Å². The number of carbonyl (C=O) groups is 1. The van der Waals surface area contributed by atoms with Crippen LogP contribution in [0.4, 0.5) is 0 Å². The topological polar surface area (TPSA) is 75.7 Å². The number of rotatable bonds is 3. The van der Waals surface area contributed by atoms with Crippen molar-refractivity contribution in [3.8, 4) is 0 Å². The molecule has 1 aliphatic rings. The first kappa shape index (κ1) is 15.5. The summed E-state index contributed by atoms with van der Waals surface area (Å²) >= 11 is -2.23. The summed E-state index contributed by atoms with van der Waals surface area (Å²) in [7, 11) is 1.27. The van der Waals surface area contributed by atoms with Gasteiger partial charge in [0.05, 0.1) is 12.5 Å². The first-order valence-corrected chi connectivity index (χ1v) is 5.57. The molecule has 0 radical (unpaired) electrons. The normalized spacial score (nSPS) is 21.2. The Balaban J connectivity index is 0.00000196. The maximum Gasteiger partial charge on any atom is 1.00 e. The van der Waals surface area contributed by atoms with Crippen LogP contribution in [-0.2, 0) is 25.3 Å². The molecule has 0 bridgehead atoms. The molecule has 1 rings (SSSR count). The van der Waals surface area contributed by atoms with Gasteiger partial charge in [0, 0.05) is 19.0 Å². The fraction of sp³-hybridized carbons (Fsp3) is 0.875. The van der Waals surface area contributed by atoms with Gasteiger partial charge in [0.25, 0.3) is 0 Å². The van der Waals surface area contributed by atoms with Crippen LogP contribution in [0.15, 0.2) is 0 Å². The summed E-state index contributed by atoms with van der Waals surface area (Å²) in [6.07, 6.45) is 0.821. The summed E-state index contributed by atoms with van der Waals surface area (Å²) in [5.41, 5.74) is -0.889. The van der Waals surface area contributed by atoms with Crippen LogP contribution in [0, 0.1) is 5.41 Å². The Morgan fingerprint density at radius 2 is 2.07 bits per heavy atom. The molecule has 15 heavy (non-hydrogen) atoms. The zero-order valence-corrected chi connectivity index (χ0v) is 11.8. The molecule has 0 N–H and O–H groups in total. The first-order valence-electron chi connectivity index (χ1n) is 4.33. The largest absolute Gasteiger partial charge is 1.00 e. The number of esters is 1. The first-order chi connectivity index (χ1) is 6.60. The number of carbonyl (C=O) groups excluding carboxylic acids is 1. The molecular weight excluding hydrogens is 231 g/mol. The average Bonchev–Trinajstić information content (AvgIpc) is 2.17. The summed E-state index contributed by atoms with van der Waals surface area (Å²) in [6.45, 7) is 0.818. The van der Waals surface area contributed by atoms with Crippen molar-refractivity contribution in [2.24, 2.45) is 5.41 Å². The van der Waals surface area contributed by atoms with Crippen LogP contribution in [0.25, 0.3) is 0 Å². The van der Waals surface area contributed by atoms with Crippen LogP contribution in [-0.4, -0.2) is 40.8 Å². The molecule has 1 saturated heterocycles.